The van der Waals surface area contributed by atoms with E-state index in [-0.39, 0.29) is 30.7 Å². The lowest BCUT2D eigenvalue weighted by atomic mass is 9.95. The smallest absolute Gasteiger partial charge is 0.261 e. The molecule has 28 heavy (non-hydrogen) atoms. The van der Waals surface area contributed by atoms with Crippen molar-refractivity contribution in [3.05, 3.63) is 35.2 Å². The van der Waals surface area contributed by atoms with E-state index in [2.05, 4.69) is 28.1 Å². The Balaban J connectivity index is 0.00000196. The van der Waals surface area contributed by atoms with Crippen molar-refractivity contribution in [2.75, 3.05) is 26.2 Å². The minimum Gasteiger partial charge on any atom is -0.351 e. The zero-order valence-corrected chi connectivity index (χ0v) is 18.8. The Kier molecular flexibility index (Phi) is 12.8. The van der Waals surface area contributed by atoms with Crippen LogP contribution >= 0.6 is 36.2 Å². The van der Waals surface area contributed by atoms with Crippen molar-refractivity contribution >= 4 is 52.1 Å². The molecule has 1 aliphatic carbocycles. The average molecular weight is 446 g/mol. The second-order valence-electron chi connectivity index (χ2n) is 7.15. The molecule has 0 spiro atoms. The van der Waals surface area contributed by atoms with Crippen molar-refractivity contribution in [2.45, 2.75) is 51.0 Å². The Bertz CT molecular complexity index is 656. The highest BCUT2D eigenvalue weighted by molar-refractivity contribution is 7.20. The van der Waals surface area contributed by atoms with Crippen LogP contribution in [0.1, 0.15) is 54.6 Å². The van der Waals surface area contributed by atoms with E-state index in [0.29, 0.717) is 0 Å². The topological polar surface area (TPSA) is 53.2 Å². The molecule has 3 rings (SSSR count). The fourth-order valence-corrected chi connectivity index (χ4v) is 4.53. The maximum absolute atomic E-state index is 12.2. The predicted octanol–water partition coefficient (Wildman–Crippen LogP) is 4.77. The van der Waals surface area contributed by atoms with E-state index in [9.17, 15) is 4.79 Å². The minimum absolute atomic E-state index is 0. The standard InChI is InChI=1S/C21H31N3OS.2ClH/c25-21(20-16-17-8-4-5-11-19(17)26-20)24-13-7-6-12-22-14-15-23-18-9-2-1-3-10-18;;/h4-5,8,11,16,18,22-23H,1-3,6-7,9-10,12-15H2,(H,24,25);2*1H. The van der Waals surface area contributed by atoms with E-state index in [0.717, 1.165) is 55.3 Å². The van der Waals surface area contributed by atoms with Crippen molar-refractivity contribution in [2.24, 2.45) is 0 Å². The summed E-state index contributed by atoms with van der Waals surface area (Å²) in [5.74, 6) is 0.0517. The molecular formula is C21H33Cl2N3OS. The van der Waals surface area contributed by atoms with Gasteiger partial charge in [-0.3, -0.25) is 4.79 Å². The van der Waals surface area contributed by atoms with Crippen LogP contribution in [0.5, 0.6) is 0 Å². The summed E-state index contributed by atoms with van der Waals surface area (Å²) < 4.78 is 1.17. The van der Waals surface area contributed by atoms with Crippen LogP contribution in [0, 0.1) is 0 Å². The van der Waals surface area contributed by atoms with Gasteiger partial charge in [0.2, 0.25) is 0 Å². The maximum Gasteiger partial charge on any atom is 0.261 e. The van der Waals surface area contributed by atoms with Gasteiger partial charge in [0.15, 0.2) is 0 Å². The molecular weight excluding hydrogens is 413 g/mol. The summed E-state index contributed by atoms with van der Waals surface area (Å²) in [6.45, 7) is 3.86. The summed E-state index contributed by atoms with van der Waals surface area (Å²) in [6.07, 6.45) is 8.99. The summed E-state index contributed by atoms with van der Waals surface area (Å²) in [5.41, 5.74) is 0. The van der Waals surface area contributed by atoms with Crippen LogP contribution in [0.15, 0.2) is 30.3 Å². The number of benzene rings is 1. The average Bonchev–Trinajstić information content (AvgIpc) is 3.12. The number of thiophene rings is 1. The number of carbonyl (C=O) groups is 1. The van der Waals surface area contributed by atoms with Gasteiger partial charge in [-0.2, -0.15) is 0 Å². The summed E-state index contributed by atoms with van der Waals surface area (Å²) in [7, 11) is 0. The van der Waals surface area contributed by atoms with Gasteiger partial charge >= 0.3 is 0 Å². The molecule has 7 heteroatoms. The van der Waals surface area contributed by atoms with Crippen LogP contribution in [0.3, 0.4) is 0 Å². The van der Waals surface area contributed by atoms with Crippen LogP contribution in [0.25, 0.3) is 10.1 Å². The van der Waals surface area contributed by atoms with Gasteiger partial charge in [-0.05, 0) is 49.7 Å². The molecule has 1 fully saturated rings. The zero-order chi connectivity index (χ0) is 18.0. The Hall–Kier alpha value is -0.850. The minimum atomic E-state index is 0. The summed E-state index contributed by atoms with van der Waals surface area (Å²) in [5, 5.41) is 11.3. The molecule has 0 aliphatic heterocycles. The van der Waals surface area contributed by atoms with E-state index >= 15 is 0 Å². The van der Waals surface area contributed by atoms with Crippen molar-refractivity contribution in [3.63, 3.8) is 0 Å². The van der Waals surface area contributed by atoms with Crippen LogP contribution in [-0.2, 0) is 0 Å². The van der Waals surface area contributed by atoms with Crippen LogP contribution in [0.2, 0.25) is 0 Å². The molecule has 1 aliphatic rings. The quantitative estimate of drug-likeness (QED) is 0.461. The van der Waals surface area contributed by atoms with E-state index in [4.69, 9.17) is 0 Å². The first-order chi connectivity index (χ1) is 12.8. The Morgan fingerprint density at radius 2 is 1.71 bits per heavy atom. The third-order valence-electron chi connectivity index (χ3n) is 5.06. The van der Waals surface area contributed by atoms with Crippen molar-refractivity contribution in [1.82, 2.24) is 16.0 Å². The third kappa shape index (κ3) is 8.26. The van der Waals surface area contributed by atoms with Gasteiger partial charge in [-0.1, -0.05) is 37.5 Å². The molecule has 3 N–H and O–H groups in total. The monoisotopic (exact) mass is 445 g/mol. The number of hydrogen-bond acceptors (Lipinski definition) is 4. The molecule has 0 saturated heterocycles. The maximum atomic E-state index is 12.2. The fraction of sp³-hybridized carbons (Fsp3) is 0.571. The number of unbranched alkanes of at least 4 members (excludes halogenated alkanes) is 1. The van der Waals surface area contributed by atoms with Crippen molar-refractivity contribution in [1.29, 1.82) is 0 Å². The molecule has 158 valence electrons. The van der Waals surface area contributed by atoms with Gasteiger partial charge in [-0.15, -0.1) is 36.2 Å². The number of rotatable bonds is 10. The molecule has 1 aromatic heterocycles. The lowest BCUT2D eigenvalue weighted by molar-refractivity contribution is 0.0957. The molecule has 0 radical (unpaired) electrons. The molecule has 4 nitrogen and oxygen atoms in total. The number of halogens is 2. The summed E-state index contributed by atoms with van der Waals surface area (Å²) in [6, 6.07) is 10.9. The molecule has 1 amide bonds. The molecule has 0 bridgehead atoms. The molecule has 1 aromatic carbocycles. The highest BCUT2D eigenvalue weighted by Gasteiger charge is 2.11. The van der Waals surface area contributed by atoms with Gasteiger partial charge in [0, 0.05) is 30.4 Å². The number of nitrogens with one attached hydrogen (secondary N) is 3. The zero-order valence-electron chi connectivity index (χ0n) is 16.4. The largest absolute Gasteiger partial charge is 0.351 e. The third-order valence-corrected chi connectivity index (χ3v) is 6.17. The first kappa shape index (κ1) is 25.2. The normalized spacial score (nSPS) is 14.3. The highest BCUT2D eigenvalue weighted by Crippen LogP contribution is 2.25. The first-order valence-electron chi connectivity index (χ1n) is 10.0. The second-order valence-corrected chi connectivity index (χ2v) is 8.23. The van der Waals surface area contributed by atoms with Crippen LogP contribution < -0.4 is 16.0 Å². The van der Waals surface area contributed by atoms with E-state index in [1.807, 2.05) is 18.2 Å². The van der Waals surface area contributed by atoms with E-state index in [1.165, 1.54) is 36.8 Å². The predicted molar refractivity (Wildman–Crippen MR) is 126 cm³/mol. The number of amides is 1. The fourth-order valence-electron chi connectivity index (χ4n) is 3.55. The van der Waals surface area contributed by atoms with E-state index in [1.54, 1.807) is 11.3 Å². The molecule has 0 atom stereocenters. The van der Waals surface area contributed by atoms with Gasteiger partial charge in [0.05, 0.1) is 4.88 Å². The van der Waals surface area contributed by atoms with Crippen molar-refractivity contribution < 1.29 is 4.79 Å². The summed E-state index contributed by atoms with van der Waals surface area (Å²) in [4.78, 5) is 13.0. The van der Waals surface area contributed by atoms with Gasteiger partial charge in [0.1, 0.15) is 0 Å². The van der Waals surface area contributed by atoms with E-state index < -0.39 is 0 Å². The second kappa shape index (κ2) is 14.2. The van der Waals surface area contributed by atoms with Gasteiger partial charge in [0.25, 0.3) is 5.91 Å². The summed E-state index contributed by atoms with van der Waals surface area (Å²) >= 11 is 1.56. The SMILES string of the molecule is Cl.Cl.O=C(NCCCCNCCNC1CCCCC1)c1cc2ccccc2s1. The lowest BCUT2D eigenvalue weighted by Crippen LogP contribution is -2.36. The Morgan fingerprint density at radius 1 is 0.964 bits per heavy atom. The lowest BCUT2D eigenvalue weighted by Gasteiger charge is -2.22. The number of fused-ring (bicyclic) bond motifs is 1. The highest BCUT2D eigenvalue weighted by atomic mass is 35.5. The van der Waals surface area contributed by atoms with Gasteiger partial charge < -0.3 is 16.0 Å². The Morgan fingerprint density at radius 3 is 2.50 bits per heavy atom. The number of hydrogen-bond donors (Lipinski definition) is 3. The molecule has 1 saturated carbocycles. The first-order valence-corrected chi connectivity index (χ1v) is 10.9. The number of carbonyl (C=O) groups excluding carboxylic acids is 1. The molecule has 0 unspecified atom stereocenters. The van der Waals surface area contributed by atoms with Crippen molar-refractivity contribution in [3.8, 4) is 0 Å². The van der Waals surface area contributed by atoms with Gasteiger partial charge in [-0.25, -0.2) is 0 Å². The molecule has 2 aromatic rings. The molecule has 1 heterocycles. The van der Waals surface area contributed by atoms with Crippen LogP contribution in [0.4, 0.5) is 0 Å². The van der Waals surface area contributed by atoms with Crippen LogP contribution in [-0.4, -0.2) is 38.1 Å². The Labute approximate surface area is 185 Å².